The lowest BCUT2D eigenvalue weighted by molar-refractivity contribution is 0.150. The summed E-state index contributed by atoms with van der Waals surface area (Å²) in [6.45, 7) is 14.0. The van der Waals surface area contributed by atoms with E-state index in [-0.39, 0.29) is 0 Å². The Labute approximate surface area is 120 Å². The molecule has 1 aliphatic rings. The van der Waals surface area contributed by atoms with Gasteiger partial charge in [0, 0.05) is 18.6 Å². The molecule has 114 valence electrons. The van der Waals surface area contributed by atoms with E-state index in [1.807, 2.05) is 0 Å². The zero-order valence-electron chi connectivity index (χ0n) is 13.9. The van der Waals surface area contributed by atoms with Crippen molar-refractivity contribution in [3.63, 3.8) is 0 Å². The second-order valence-corrected chi connectivity index (χ2v) is 6.99. The van der Waals surface area contributed by atoms with Crippen LogP contribution < -0.4 is 5.32 Å². The number of rotatable bonds is 8. The van der Waals surface area contributed by atoms with Crippen molar-refractivity contribution in [3.05, 3.63) is 0 Å². The van der Waals surface area contributed by atoms with Crippen LogP contribution in [0.5, 0.6) is 0 Å². The predicted molar refractivity (Wildman–Crippen MR) is 84.6 cm³/mol. The molecule has 0 saturated carbocycles. The fourth-order valence-electron chi connectivity index (χ4n) is 2.91. The van der Waals surface area contributed by atoms with Crippen LogP contribution in [0.2, 0.25) is 0 Å². The first kappa shape index (κ1) is 16.9. The van der Waals surface area contributed by atoms with E-state index < -0.39 is 0 Å². The molecule has 0 aromatic carbocycles. The minimum atomic E-state index is 0.647. The van der Waals surface area contributed by atoms with Crippen molar-refractivity contribution in [2.45, 2.75) is 52.6 Å². The molecule has 1 rings (SSSR count). The molecular weight excluding hydrogens is 234 g/mol. The van der Waals surface area contributed by atoms with Gasteiger partial charge in [-0.1, -0.05) is 20.8 Å². The average molecular weight is 269 g/mol. The van der Waals surface area contributed by atoms with Gasteiger partial charge in [0.15, 0.2) is 0 Å². The number of likely N-dealkylation sites (N-methyl/N-ethyl adjacent to an activating group) is 2. The van der Waals surface area contributed by atoms with Gasteiger partial charge in [-0.25, -0.2) is 0 Å². The SMILES string of the molecule is CC(C)CNCC(C)C(C)N(C)CC1CCCN1C. The minimum absolute atomic E-state index is 0.647. The van der Waals surface area contributed by atoms with Gasteiger partial charge in [0.25, 0.3) is 0 Å². The zero-order valence-corrected chi connectivity index (χ0v) is 13.9. The van der Waals surface area contributed by atoms with E-state index in [2.05, 4.69) is 56.9 Å². The molecule has 0 aliphatic carbocycles. The van der Waals surface area contributed by atoms with Gasteiger partial charge in [-0.05, 0) is 65.3 Å². The molecule has 0 radical (unpaired) electrons. The second-order valence-electron chi connectivity index (χ2n) is 6.99. The Morgan fingerprint density at radius 1 is 1.21 bits per heavy atom. The monoisotopic (exact) mass is 269 g/mol. The summed E-state index contributed by atoms with van der Waals surface area (Å²) in [5.74, 6) is 1.45. The highest BCUT2D eigenvalue weighted by atomic mass is 15.2. The van der Waals surface area contributed by atoms with Crippen molar-refractivity contribution in [2.24, 2.45) is 11.8 Å². The quantitative estimate of drug-likeness (QED) is 0.729. The Balaban J connectivity index is 2.28. The Morgan fingerprint density at radius 2 is 1.89 bits per heavy atom. The highest BCUT2D eigenvalue weighted by Gasteiger charge is 2.25. The van der Waals surface area contributed by atoms with Gasteiger partial charge in [-0.3, -0.25) is 0 Å². The third-order valence-electron chi connectivity index (χ3n) is 4.71. The van der Waals surface area contributed by atoms with Crippen LogP contribution in [0.4, 0.5) is 0 Å². The summed E-state index contributed by atoms with van der Waals surface area (Å²) < 4.78 is 0. The molecule has 1 fully saturated rings. The maximum absolute atomic E-state index is 3.59. The van der Waals surface area contributed by atoms with Gasteiger partial charge < -0.3 is 15.1 Å². The lowest BCUT2D eigenvalue weighted by Gasteiger charge is -2.33. The molecule has 0 amide bonds. The van der Waals surface area contributed by atoms with E-state index >= 15 is 0 Å². The van der Waals surface area contributed by atoms with Gasteiger partial charge in [-0.2, -0.15) is 0 Å². The van der Waals surface area contributed by atoms with Gasteiger partial charge in [0.1, 0.15) is 0 Å². The van der Waals surface area contributed by atoms with Crippen molar-refractivity contribution in [3.8, 4) is 0 Å². The lowest BCUT2D eigenvalue weighted by Crippen LogP contribution is -2.45. The van der Waals surface area contributed by atoms with E-state index in [1.54, 1.807) is 0 Å². The molecular formula is C16H35N3. The highest BCUT2D eigenvalue weighted by Crippen LogP contribution is 2.18. The Bertz CT molecular complexity index is 242. The summed E-state index contributed by atoms with van der Waals surface area (Å²) in [6.07, 6.45) is 2.74. The molecule has 19 heavy (non-hydrogen) atoms. The molecule has 3 heteroatoms. The Kier molecular flexibility index (Phi) is 7.33. The van der Waals surface area contributed by atoms with E-state index in [4.69, 9.17) is 0 Å². The first-order valence-electron chi connectivity index (χ1n) is 8.03. The highest BCUT2D eigenvalue weighted by molar-refractivity contribution is 4.82. The first-order chi connectivity index (χ1) is 8.91. The number of hydrogen-bond acceptors (Lipinski definition) is 3. The van der Waals surface area contributed by atoms with Crippen LogP contribution in [-0.4, -0.2) is 62.2 Å². The summed E-state index contributed by atoms with van der Waals surface area (Å²) in [5, 5.41) is 3.59. The fraction of sp³-hybridized carbons (Fsp3) is 1.00. The summed E-state index contributed by atoms with van der Waals surface area (Å²) in [4.78, 5) is 5.07. The molecule has 0 aromatic rings. The summed E-state index contributed by atoms with van der Waals surface area (Å²) in [6, 6.07) is 1.41. The largest absolute Gasteiger partial charge is 0.316 e. The van der Waals surface area contributed by atoms with Crippen molar-refractivity contribution >= 4 is 0 Å². The normalized spacial score (nSPS) is 24.3. The number of nitrogens with zero attached hydrogens (tertiary/aromatic N) is 2. The maximum Gasteiger partial charge on any atom is 0.0220 e. The molecule has 3 nitrogen and oxygen atoms in total. The number of nitrogens with one attached hydrogen (secondary N) is 1. The van der Waals surface area contributed by atoms with Gasteiger partial charge in [0.05, 0.1) is 0 Å². The van der Waals surface area contributed by atoms with Gasteiger partial charge in [-0.15, -0.1) is 0 Å². The van der Waals surface area contributed by atoms with E-state index in [0.717, 1.165) is 25.0 Å². The molecule has 0 spiro atoms. The van der Waals surface area contributed by atoms with Crippen LogP contribution in [0.25, 0.3) is 0 Å². The minimum Gasteiger partial charge on any atom is -0.316 e. The molecule has 0 aromatic heterocycles. The summed E-state index contributed by atoms with van der Waals surface area (Å²) in [5.41, 5.74) is 0. The molecule has 1 N–H and O–H groups in total. The van der Waals surface area contributed by atoms with Crippen LogP contribution in [-0.2, 0) is 0 Å². The average Bonchev–Trinajstić information content (AvgIpc) is 2.73. The second kappa shape index (κ2) is 8.23. The van der Waals surface area contributed by atoms with Crippen LogP contribution >= 0.6 is 0 Å². The van der Waals surface area contributed by atoms with Crippen molar-refractivity contribution in [1.82, 2.24) is 15.1 Å². The van der Waals surface area contributed by atoms with Crippen LogP contribution in [0.15, 0.2) is 0 Å². The zero-order chi connectivity index (χ0) is 14.4. The smallest absolute Gasteiger partial charge is 0.0220 e. The van der Waals surface area contributed by atoms with E-state index in [1.165, 1.54) is 25.9 Å². The third-order valence-corrected chi connectivity index (χ3v) is 4.71. The van der Waals surface area contributed by atoms with Crippen molar-refractivity contribution in [2.75, 3.05) is 40.3 Å². The summed E-state index contributed by atoms with van der Waals surface area (Å²) >= 11 is 0. The van der Waals surface area contributed by atoms with Crippen LogP contribution in [0.1, 0.15) is 40.5 Å². The van der Waals surface area contributed by atoms with Gasteiger partial charge in [0.2, 0.25) is 0 Å². The van der Waals surface area contributed by atoms with Crippen molar-refractivity contribution in [1.29, 1.82) is 0 Å². The van der Waals surface area contributed by atoms with Gasteiger partial charge >= 0.3 is 0 Å². The number of hydrogen-bond donors (Lipinski definition) is 1. The van der Waals surface area contributed by atoms with Crippen LogP contribution in [0, 0.1) is 11.8 Å². The molecule has 0 bridgehead atoms. The number of likely N-dealkylation sites (tertiary alicyclic amines) is 1. The molecule has 3 unspecified atom stereocenters. The standard InChI is InChI=1S/C16H35N3/c1-13(2)10-17-11-14(3)15(4)19(6)12-16-8-7-9-18(16)5/h13-17H,7-12H2,1-6H3. The van der Waals surface area contributed by atoms with E-state index in [0.29, 0.717) is 12.0 Å². The third kappa shape index (κ3) is 5.80. The topological polar surface area (TPSA) is 18.5 Å². The molecule has 1 heterocycles. The molecule has 1 aliphatic heterocycles. The van der Waals surface area contributed by atoms with E-state index in [9.17, 15) is 0 Å². The fourth-order valence-corrected chi connectivity index (χ4v) is 2.91. The van der Waals surface area contributed by atoms with Crippen molar-refractivity contribution < 1.29 is 0 Å². The molecule has 3 atom stereocenters. The lowest BCUT2D eigenvalue weighted by atomic mass is 10.0. The summed E-state index contributed by atoms with van der Waals surface area (Å²) in [7, 11) is 4.56. The Hall–Kier alpha value is -0.120. The molecule has 1 saturated heterocycles. The van der Waals surface area contributed by atoms with Crippen LogP contribution in [0.3, 0.4) is 0 Å². The maximum atomic E-state index is 3.59. The Morgan fingerprint density at radius 3 is 2.42 bits per heavy atom. The predicted octanol–water partition coefficient (Wildman–Crippen LogP) is 2.28. The first-order valence-corrected chi connectivity index (χ1v) is 8.03.